The fraction of sp³-hybridized carbons (Fsp3) is 0.400. The predicted octanol–water partition coefficient (Wildman–Crippen LogP) is 5.92. The smallest absolute Gasteiger partial charge is 0.0710 e. The van der Waals surface area contributed by atoms with Crippen molar-refractivity contribution in [3.8, 4) is 0 Å². The Bertz CT molecular complexity index is 866. The Labute approximate surface area is 169 Å². The van der Waals surface area contributed by atoms with Crippen molar-refractivity contribution in [2.75, 3.05) is 11.9 Å². The molecule has 3 unspecified atom stereocenters. The van der Waals surface area contributed by atoms with Crippen molar-refractivity contribution in [2.24, 2.45) is 16.8 Å². The first-order valence-corrected chi connectivity index (χ1v) is 10.6. The van der Waals surface area contributed by atoms with Crippen LogP contribution in [0.15, 0.2) is 77.1 Å². The number of piperidine rings is 1. The molecule has 0 aromatic heterocycles. The third-order valence-electron chi connectivity index (χ3n) is 6.13. The van der Waals surface area contributed by atoms with Gasteiger partial charge in [0.1, 0.15) is 0 Å². The van der Waals surface area contributed by atoms with Crippen molar-refractivity contribution >= 4 is 11.4 Å². The lowest BCUT2D eigenvalue weighted by atomic mass is 9.78. The van der Waals surface area contributed by atoms with E-state index >= 15 is 0 Å². The van der Waals surface area contributed by atoms with E-state index in [0.29, 0.717) is 17.9 Å². The maximum atomic E-state index is 4.80. The van der Waals surface area contributed by atoms with Gasteiger partial charge in [0.2, 0.25) is 0 Å². The largest absolute Gasteiger partial charge is 0.354 e. The minimum absolute atomic E-state index is 0.356. The molecular weight excluding hydrogens is 342 g/mol. The van der Waals surface area contributed by atoms with Crippen molar-refractivity contribution in [1.29, 1.82) is 0 Å². The molecule has 0 amide bonds. The van der Waals surface area contributed by atoms with Gasteiger partial charge in [0.05, 0.1) is 11.4 Å². The summed E-state index contributed by atoms with van der Waals surface area (Å²) in [6, 6.07) is 9.33. The number of fused-ring (bicyclic) bond motifs is 1. The van der Waals surface area contributed by atoms with E-state index in [-0.39, 0.29) is 0 Å². The van der Waals surface area contributed by atoms with Crippen molar-refractivity contribution in [2.45, 2.75) is 45.6 Å². The first-order chi connectivity index (χ1) is 13.7. The Balaban J connectivity index is 1.55. The van der Waals surface area contributed by atoms with Crippen LogP contribution in [0.25, 0.3) is 0 Å². The third-order valence-corrected chi connectivity index (χ3v) is 6.13. The number of hydrogen-bond acceptors (Lipinski definition) is 3. The molecule has 3 heteroatoms. The molecular formula is C25H31N3. The molecule has 28 heavy (non-hydrogen) atoms. The molecule has 4 rings (SSSR count). The van der Waals surface area contributed by atoms with Crippen LogP contribution in [0.2, 0.25) is 0 Å². The van der Waals surface area contributed by atoms with Gasteiger partial charge in [0, 0.05) is 23.8 Å². The number of aliphatic imine (C=N–C) groups is 1. The van der Waals surface area contributed by atoms with Crippen LogP contribution in [-0.2, 0) is 0 Å². The van der Waals surface area contributed by atoms with E-state index in [1.54, 1.807) is 0 Å². The Morgan fingerprint density at radius 3 is 2.96 bits per heavy atom. The van der Waals surface area contributed by atoms with E-state index in [1.165, 1.54) is 36.0 Å². The van der Waals surface area contributed by atoms with Crippen LogP contribution in [0.3, 0.4) is 0 Å². The van der Waals surface area contributed by atoms with Crippen LogP contribution in [0.5, 0.6) is 0 Å². The Morgan fingerprint density at radius 1 is 1.32 bits per heavy atom. The van der Waals surface area contributed by atoms with E-state index in [1.807, 2.05) is 12.3 Å². The van der Waals surface area contributed by atoms with Gasteiger partial charge in [-0.2, -0.15) is 0 Å². The molecule has 1 aromatic rings. The van der Waals surface area contributed by atoms with Crippen LogP contribution in [-0.4, -0.2) is 12.3 Å². The number of rotatable bonds is 5. The van der Waals surface area contributed by atoms with Gasteiger partial charge >= 0.3 is 0 Å². The van der Waals surface area contributed by atoms with Crippen LogP contribution in [0.4, 0.5) is 5.69 Å². The molecule has 0 spiro atoms. The second kappa shape index (κ2) is 8.32. The van der Waals surface area contributed by atoms with Gasteiger partial charge in [0.25, 0.3) is 0 Å². The van der Waals surface area contributed by atoms with Crippen LogP contribution >= 0.6 is 0 Å². The summed E-state index contributed by atoms with van der Waals surface area (Å²) in [5.41, 5.74) is 7.34. The van der Waals surface area contributed by atoms with Gasteiger partial charge in [-0.05, 0) is 67.5 Å². The van der Waals surface area contributed by atoms with Crippen molar-refractivity contribution < 1.29 is 0 Å². The molecule has 0 saturated carbocycles. The molecule has 2 aliphatic heterocycles. The molecule has 3 aliphatic rings. The summed E-state index contributed by atoms with van der Waals surface area (Å²) in [4.78, 5) is 4.80. The average molecular weight is 374 g/mol. The molecule has 1 saturated heterocycles. The third kappa shape index (κ3) is 3.77. The fourth-order valence-electron chi connectivity index (χ4n) is 4.68. The first kappa shape index (κ1) is 18.9. The maximum Gasteiger partial charge on any atom is 0.0710 e. The first-order valence-electron chi connectivity index (χ1n) is 10.6. The lowest BCUT2D eigenvalue weighted by Gasteiger charge is -2.29. The zero-order valence-electron chi connectivity index (χ0n) is 17.0. The monoisotopic (exact) mass is 373 g/mol. The molecule has 1 aromatic carbocycles. The summed E-state index contributed by atoms with van der Waals surface area (Å²) < 4.78 is 0. The highest BCUT2D eigenvalue weighted by Gasteiger charge is 2.33. The van der Waals surface area contributed by atoms with Crippen LogP contribution in [0.1, 0.15) is 51.1 Å². The Kier molecular flexibility index (Phi) is 5.63. The van der Waals surface area contributed by atoms with Crippen molar-refractivity contribution in [3.05, 3.63) is 77.7 Å². The van der Waals surface area contributed by atoms with Gasteiger partial charge in [0.15, 0.2) is 0 Å². The average Bonchev–Trinajstić information content (AvgIpc) is 3.14. The number of nitrogens with zero attached hydrogens (tertiary/aromatic N) is 1. The minimum Gasteiger partial charge on any atom is -0.354 e. The molecule has 0 bridgehead atoms. The molecule has 3 nitrogen and oxygen atoms in total. The van der Waals surface area contributed by atoms with E-state index in [4.69, 9.17) is 4.99 Å². The summed E-state index contributed by atoms with van der Waals surface area (Å²) in [7, 11) is 0. The zero-order valence-corrected chi connectivity index (χ0v) is 17.0. The minimum atomic E-state index is 0.356. The fourth-order valence-corrected chi connectivity index (χ4v) is 4.68. The van der Waals surface area contributed by atoms with Gasteiger partial charge in [-0.15, -0.1) is 0 Å². The summed E-state index contributed by atoms with van der Waals surface area (Å²) >= 11 is 0. The molecule has 0 radical (unpaired) electrons. The second-order valence-corrected chi connectivity index (χ2v) is 8.15. The normalized spacial score (nSPS) is 27.4. The number of nitrogens with one attached hydrogen (secondary N) is 2. The molecule has 3 atom stereocenters. The van der Waals surface area contributed by atoms with Crippen LogP contribution < -0.4 is 10.6 Å². The number of benzene rings is 1. The lowest BCUT2D eigenvalue weighted by Crippen LogP contribution is -2.28. The van der Waals surface area contributed by atoms with E-state index in [0.717, 1.165) is 30.1 Å². The van der Waals surface area contributed by atoms with E-state index in [2.05, 4.69) is 67.5 Å². The zero-order chi connectivity index (χ0) is 19.5. The van der Waals surface area contributed by atoms with Gasteiger partial charge in [-0.25, -0.2) is 0 Å². The van der Waals surface area contributed by atoms with Crippen molar-refractivity contribution in [1.82, 2.24) is 5.32 Å². The number of allylic oxidation sites excluding steroid dienone is 6. The highest BCUT2D eigenvalue weighted by atomic mass is 14.9. The Hall–Kier alpha value is -2.39. The topological polar surface area (TPSA) is 36.4 Å². The summed E-state index contributed by atoms with van der Waals surface area (Å²) in [6.07, 6.45) is 13.4. The summed E-state index contributed by atoms with van der Waals surface area (Å²) in [5, 5.41) is 7.33. The maximum absolute atomic E-state index is 4.80. The SMILES string of the molecule is C=C/C(=C\C)C1=CN=C2C(Nc3cccc(C4CCCCN4)c3)=CC(C)CC12. The highest BCUT2D eigenvalue weighted by Crippen LogP contribution is 2.38. The number of anilines is 1. The molecule has 146 valence electrons. The van der Waals surface area contributed by atoms with Gasteiger partial charge in [-0.3, -0.25) is 4.99 Å². The summed E-state index contributed by atoms with van der Waals surface area (Å²) in [6.45, 7) is 9.46. The summed E-state index contributed by atoms with van der Waals surface area (Å²) in [5.74, 6) is 0.869. The van der Waals surface area contributed by atoms with Gasteiger partial charge in [-0.1, -0.05) is 50.3 Å². The molecule has 1 aliphatic carbocycles. The standard InChI is InChI=1S/C25H31N3/c1-4-18(5-2)22-16-27-25-21(22)13-17(3)14-24(25)28-20-10-8-9-19(15-20)23-11-6-7-12-26-23/h4-5,8-10,14-17,21,23,26,28H,1,6-7,11-13H2,2-3H3/b18-5+. The quantitative estimate of drug-likeness (QED) is 0.628. The van der Waals surface area contributed by atoms with E-state index < -0.39 is 0 Å². The van der Waals surface area contributed by atoms with E-state index in [9.17, 15) is 0 Å². The highest BCUT2D eigenvalue weighted by molar-refractivity contribution is 6.08. The second-order valence-electron chi connectivity index (χ2n) is 8.15. The predicted molar refractivity (Wildman–Crippen MR) is 119 cm³/mol. The molecule has 2 heterocycles. The van der Waals surface area contributed by atoms with Gasteiger partial charge < -0.3 is 10.6 Å². The van der Waals surface area contributed by atoms with Crippen molar-refractivity contribution in [3.63, 3.8) is 0 Å². The number of hydrogen-bond donors (Lipinski definition) is 2. The lowest BCUT2D eigenvalue weighted by molar-refractivity contribution is 0.412. The molecule has 1 fully saturated rings. The Morgan fingerprint density at radius 2 is 2.21 bits per heavy atom. The van der Waals surface area contributed by atoms with Crippen LogP contribution in [0, 0.1) is 11.8 Å². The molecule has 2 N–H and O–H groups in total.